The van der Waals surface area contributed by atoms with E-state index in [-0.39, 0.29) is 5.91 Å². The van der Waals surface area contributed by atoms with Gasteiger partial charge < -0.3 is 10.2 Å². The molecule has 0 unspecified atom stereocenters. The van der Waals surface area contributed by atoms with Crippen molar-refractivity contribution in [2.45, 2.75) is 39.7 Å². The van der Waals surface area contributed by atoms with Crippen LogP contribution in [0.4, 0.5) is 0 Å². The first-order valence-corrected chi connectivity index (χ1v) is 7.99. The van der Waals surface area contributed by atoms with Crippen molar-refractivity contribution >= 4 is 17.5 Å². The fraction of sp³-hybridized carbons (Fsp3) is 0.625. The van der Waals surface area contributed by atoms with Crippen LogP contribution in [0, 0.1) is 12.8 Å². The Bertz CT molecular complexity index is 504. The third-order valence-corrected chi connectivity index (χ3v) is 4.51. The highest BCUT2D eigenvalue weighted by atomic mass is 35.5. The van der Waals surface area contributed by atoms with Crippen molar-refractivity contribution in [2.24, 2.45) is 5.92 Å². The van der Waals surface area contributed by atoms with E-state index in [1.54, 1.807) is 12.3 Å². The molecule has 1 N–H and O–H groups in total. The van der Waals surface area contributed by atoms with Crippen molar-refractivity contribution in [2.75, 3.05) is 19.6 Å². The molecule has 2 heterocycles. The number of pyridine rings is 1. The van der Waals surface area contributed by atoms with Gasteiger partial charge in [-0.2, -0.15) is 0 Å². The zero-order valence-corrected chi connectivity index (χ0v) is 13.8. The zero-order valence-electron chi connectivity index (χ0n) is 13.0. The van der Waals surface area contributed by atoms with E-state index in [1.807, 2.05) is 6.92 Å². The average Bonchev–Trinajstić information content (AvgIpc) is 2.48. The molecule has 4 nitrogen and oxygen atoms in total. The molecule has 1 aliphatic heterocycles. The van der Waals surface area contributed by atoms with Crippen molar-refractivity contribution < 1.29 is 4.79 Å². The Balaban J connectivity index is 1.87. The first-order chi connectivity index (χ1) is 9.97. The lowest BCUT2D eigenvalue weighted by Gasteiger charge is -2.35. The highest BCUT2D eigenvalue weighted by Crippen LogP contribution is 2.18. The summed E-state index contributed by atoms with van der Waals surface area (Å²) in [6.07, 6.45) is 4.01. The Morgan fingerprint density at radius 3 is 3.00 bits per heavy atom. The number of nitrogens with zero attached hydrogens (tertiary/aromatic N) is 2. The number of hydrogen-bond acceptors (Lipinski definition) is 3. The van der Waals surface area contributed by atoms with E-state index < -0.39 is 0 Å². The maximum absolute atomic E-state index is 12.1. The topological polar surface area (TPSA) is 45.2 Å². The van der Waals surface area contributed by atoms with Gasteiger partial charge in [0, 0.05) is 30.4 Å². The second-order valence-electron chi connectivity index (χ2n) is 6.13. The lowest BCUT2D eigenvalue weighted by molar-refractivity contribution is 0.0918. The number of aryl methyl sites for hydroxylation is 1. The first-order valence-electron chi connectivity index (χ1n) is 7.61. The van der Waals surface area contributed by atoms with Crippen LogP contribution in [-0.4, -0.2) is 41.5 Å². The standard InChI is InChI=1S/C16H24ClN3O/c1-11(2)20-6-4-5-13(10-20)9-19-16(21)15-7-14(17)12(3)8-18-15/h7-8,11,13H,4-6,9-10H2,1-3H3,(H,19,21)/t13-/m1/s1. The number of hydrogen-bond donors (Lipinski definition) is 1. The van der Waals surface area contributed by atoms with E-state index in [0.717, 1.165) is 18.7 Å². The molecule has 1 saturated heterocycles. The quantitative estimate of drug-likeness (QED) is 0.930. The van der Waals surface area contributed by atoms with Crippen LogP contribution in [0.25, 0.3) is 0 Å². The Hall–Kier alpha value is -1.13. The molecule has 1 amide bonds. The summed E-state index contributed by atoms with van der Waals surface area (Å²) in [5, 5.41) is 3.57. The van der Waals surface area contributed by atoms with Crippen LogP contribution < -0.4 is 5.32 Å². The second-order valence-corrected chi connectivity index (χ2v) is 6.53. The Kier molecular flexibility index (Phi) is 5.59. The molecular weight excluding hydrogens is 286 g/mol. The van der Waals surface area contributed by atoms with Crippen LogP contribution in [0.5, 0.6) is 0 Å². The summed E-state index contributed by atoms with van der Waals surface area (Å²) >= 11 is 6.03. The minimum absolute atomic E-state index is 0.140. The third-order valence-electron chi connectivity index (χ3n) is 4.10. The molecule has 2 rings (SSSR count). The number of amides is 1. The molecule has 1 atom stereocenters. The second kappa shape index (κ2) is 7.23. The number of carbonyl (C=O) groups is 1. The van der Waals surface area contributed by atoms with Gasteiger partial charge in [-0.15, -0.1) is 0 Å². The van der Waals surface area contributed by atoms with Crippen molar-refractivity contribution in [1.82, 2.24) is 15.2 Å². The number of carbonyl (C=O) groups excluding carboxylic acids is 1. The fourth-order valence-corrected chi connectivity index (χ4v) is 2.84. The summed E-state index contributed by atoms with van der Waals surface area (Å²) in [6, 6.07) is 2.20. The molecule has 0 radical (unpaired) electrons. The number of likely N-dealkylation sites (tertiary alicyclic amines) is 1. The number of rotatable bonds is 4. The van der Waals surface area contributed by atoms with Crippen LogP contribution in [0.2, 0.25) is 5.02 Å². The zero-order chi connectivity index (χ0) is 15.4. The number of piperidine rings is 1. The molecule has 0 saturated carbocycles. The molecule has 116 valence electrons. The molecule has 1 aromatic heterocycles. The van der Waals surface area contributed by atoms with Crippen molar-refractivity contribution in [3.8, 4) is 0 Å². The minimum atomic E-state index is -0.140. The molecule has 0 spiro atoms. The van der Waals surface area contributed by atoms with Gasteiger partial charge in [0.1, 0.15) is 5.69 Å². The lowest BCUT2D eigenvalue weighted by atomic mass is 9.97. The van der Waals surface area contributed by atoms with Crippen molar-refractivity contribution in [3.05, 3.63) is 28.5 Å². The molecule has 5 heteroatoms. The summed E-state index contributed by atoms with van der Waals surface area (Å²) < 4.78 is 0. The highest BCUT2D eigenvalue weighted by molar-refractivity contribution is 6.31. The van der Waals surface area contributed by atoms with Crippen LogP contribution in [0.3, 0.4) is 0 Å². The summed E-state index contributed by atoms with van der Waals surface area (Å²) in [4.78, 5) is 18.7. The van der Waals surface area contributed by atoms with Crippen LogP contribution in [-0.2, 0) is 0 Å². The predicted molar refractivity (Wildman–Crippen MR) is 85.8 cm³/mol. The van der Waals surface area contributed by atoms with Gasteiger partial charge in [0.15, 0.2) is 0 Å². The van der Waals surface area contributed by atoms with Gasteiger partial charge in [0.25, 0.3) is 5.91 Å². The summed E-state index contributed by atoms with van der Waals surface area (Å²) in [5.41, 5.74) is 1.27. The highest BCUT2D eigenvalue weighted by Gasteiger charge is 2.22. The van der Waals surface area contributed by atoms with E-state index >= 15 is 0 Å². The molecule has 21 heavy (non-hydrogen) atoms. The SMILES string of the molecule is Cc1cnc(C(=O)NC[C@H]2CCCN(C(C)C)C2)cc1Cl. The smallest absolute Gasteiger partial charge is 0.269 e. The first kappa shape index (κ1) is 16.2. The largest absolute Gasteiger partial charge is 0.350 e. The monoisotopic (exact) mass is 309 g/mol. The average molecular weight is 310 g/mol. The number of aromatic nitrogens is 1. The number of halogens is 1. The maximum atomic E-state index is 12.1. The normalized spacial score (nSPS) is 19.8. The number of nitrogens with one attached hydrogen (secondary N) is 1. The summed E-state index contributed by atoms with van der Waals surface area (Å²) in [7, 11) is 0. The fourth-order valence-electron chi connectivity index (χ4n) is 2.68. The molecule has 0 aliphatic carbocycles. The summed E-state index contributed by atoms with van der Waals surface area (Å²) in [6.45, 7) is 9.24. The van der Waals surface area contributed by atoms with E-state index in [0.29, 0.717) is 29.2 Å². The van der Waals surface area contributed by atoms with E-state index in [9.17, 15) is 4.79 Å². The minimum Gasteiger partial charge on any atom is -0.350 e. The van der Waals surface area contributed by atoms with Gasteiger partial charge in [-0.05, 0) is 57.7 Å². The lowest BCUT2D eigenvalue weighted by Crippen LogP contribution is -2.43. The van der Waals surface area contributed by atoms with Crippen molar-refractivity contribution in [1.29, 1.82) is 0 Å². The Morgan fingerprint density at radius 2 is 2.33 bits per heavy atom. The van der Waals surface area contributed by atoms with Crippen LogP contribution in [0.1, 0.15) is 42.7 Å². The molecule has 0 bridgehead atoms. The van der Waals surface area contributed by atoms with E-state index in [2.05, 4.69) is 29.0 Å². The summed E-state index contributed by atoms with van der Waals surface area (Å²) in [5.74, 6) is 0.379. The van der Waals surface area contributed by atoms with Crippen molar-refractivity contribution in [3.63, 3.8) is 0 Å². The van der Waals surface area contributed by atoms with Gasteiger partial charge in [-0.3, -0.25) is 9.78 Å². The molecule has 1 aliphatic rings. The van der Waals surface area contributed by atoms with E-state index in [4.69, 9.17) is 11.6 Å². The maximum Gasteiger partial charge on any atom is 0.269 e. The predicted octanol–water partition coefficient (Wildman–Crippen LogP) is 2.89. The Labute approximate surface area is 131 Å². The molecule has 0 aromatic carbocycles. The van der Waals surface area contributed by atoms with E-state index in [1.165, 1.54) is 12.8 Å². The Morgan fingerprint density at radius 1 is 1.57 bits per heavy atom. The van der Waals surface area contributed by atoms with Crippen LogP contribution in [0.15, 0.2) is 12.3 Å². The van der Waals surface area contributed by atoms with Gasteiger partial charge in [0.05, 0.1) is 0 Å². The van der Waals surface area contributed by atoms with Gasteiger partial charge in [-0.1, -0.05) is 11.6 Å². The van der Waals surface area contributed by atoms with Crippen LogP contribution >= 0.6 is 11.6 Å². The molecule has 1 aromatic rings. The molecule has 1 fully saturated rings. The van der Waals surface area contributed by atoms with Gasteiger partial charge in [0.2, 0.25) is 0 Å². The third kappa shape index (κ3) is 4.42. The van der Waals surface area contributed by atoms with Gasteiger partial charge >= 0.3 is 0 Å². The molecular formula is C16H24ClN3O. The van der Waals surface area contributed by atoms with Gasteiger partial charge in [-0.25, -0.2) is 0 Å².